The number of carbonyl (C=O) groups is 4. The molecule has 8 nitrogen and oxygen atoms in total. The van der Waals surface area contributed by atoms with Gasteiger partial charge in [-0.2, -0.15) is 0 Å². The first-order valence-electron chi connectivity index (χ1n) is 12.3. The molecular formula is C28H28N2O6. The van der Waals surface area contributed by atoms with E-state index in [2.05, 4.69) is 0 Å². The minimum Gasteiger partial charge on any atom is -0.494 e. The number of esters is 1. The number of fused-ring (bicyclic) bond motifs is 1. The third kappa shape index (κ3) is 4.27. The number of anilines is 2. The van der Waals surface area contributed by atoms with Crippen LogP contribution in [0.15, 0.2) is 60.7 Å². The quantitative estimate of drug-likeness (QED) is 0.266. The molecule has 0 spiro atoms. The average Bonchev–Trinajstić information content (AvgIpc) is 3.38. The zero-order valence-electron chi connectivity index (χ0n) is 20.3. The summed E-state index contributed by atoms with van der Waals surface area (Å²) in [6.45, 7) is 4.60. The molecule has 2 aromatic rings. The van der Waals surface area contributed by atoms with E-state index < -0.39 is 11.9 Å². The molecule has 8 heteroatoms. The maximum absolute atomic E-state index is 13.1. The molecule has 4 atom stereocenters. The van der Waals surface area contributed by atoms with Gasteiger partial charge in [0.25, 0.3) is 0 Å². The molecule has 1 aliphatic carbocycles. The van der Waals surface area contributed by atoms with Crippen molar-refractivity contribution in [2.24, 2.45) is 23.7 Å². The van der Waals surface area contributed by atoms with E-state index in [1.54, 1.807) is 47.4 Å². The Labute approximate surface area is 209 Å². The molecule has 2 aromatic carbocycles. The van der Waals surface area contributed by atoms with E-state index in [4.69, 9.17) is 9.47 Å². The van der Waals surface area contributed by atoms with Gasteiger partial charge >= 0.3 is 5.97 Å². The van der Waals surface area contributed by atoms with Crippen LogP contribution in [0.5, 0.6) is 11.5 Å². The van der Waals surface area contributed by atoms with E-state index in [0.717, 1.165) is 0 Å². The highest BCUT2D eigenvalue weighted by Crippen LogP contribution is 2.41. The average molecular weight is 489 g/mol. The third-order valence-corrected chi connectivity index (χ3v) is 7.08. The largest absolute Gasteiger partial charge is 0.494 e. The lowest BCUT2D eigenvalue weighted by atomic mass is 9.78. The van der Waals surface area contributed by atoms with Crippen molar-refractivity contribution in [2.45, 2.75) is 26.7 Å². The molecule has 2 fully saturated rings. The molecule has 2 aliphatic heterocycles. The van der Waals surface area contributed by atoms with Gasteiger partial charge < -0.3 is 14.4 Å². The van der Waals surface area contributed by atoms with Gasteiger partial charge in [0.2, 0.25) is 17.7 Å². The van der Waals surface area contributed by atoms with Crippen molar-refractivity contribution < 1.29 is 28.7 Å². The molecule has 2 saturated heterocycles. The van der Waals surface area contributed by atoms with Crippen molar-refractivity contribution in [3.8, 4) is 11.5 Å². The standard InChI is InChI=1S/C28H28N2O6/c1-3-35-21-12-10-19(11-13-21)29-16-18(14-24(29)31)28(34)36-22-8-5-7-20(15-22)30-26(32)23-9-4-6-17(2)25(23)27(30)33/h4-8,10-13,15,17-18,23,25H,3,9,14,16H2,1-2H3. The van der Waals surface area contributed by atoms with Crippen molar-refractivity contribution in [1.82, 2.24) is 0 Å². The zero-order valence-corrected chi connectivity index (χ0v) is 20.3. The number of hydrogen-bond acceptors (Lipinski definition) is 6. The number of amides is 3. The highest BCUT2D eigenvalue weighted by Gasteiger charge is 2.50. The topological polar surface area (TPSA) is 93.2 Å². The number of carbonyl (C=O) groups excluding carboxylic acids is 4. The fourth-order valence-corrected chi connectivity index (χ4v) is 5.29. The van der Waals surface area contributed by atoms with E-state index >= 15 is 0 Å². The van der Waals surface area contributed by atoms with Crippen LogP contribution in [0, 0.1) is 23.7 Å². The van der Waals surface area contributed by atoms with Gasteiger partial charge in [0.05, 0.1) is 30.0 Å². The number of imide groups is 1. The Bertz CT molecular complexity index is 1240. The molecular weight excluding hydrogens is 460 g/mol. The van der Waals surface area contributed by atoms with Crippen LogP contribution in [0.4, 0.5) is 11.4 Å². The maximum Gasteiger partial charge on any atom is 0.316 e. The molecule has 0 N–H and O–H groups in total. The number of hydrogen-bond donors (Lipinski definition) is 0. The lowest BCUT2D eigenvalue weighted by molar-refractivity contribution is -0.139. The van der Waals surface area contributed by atoms with E-state index in [1.165, 1.54) is 11.0 Å². The van der Waals surface area contributed by atoms with Crippen molar-refractivity contribution in [1.29, 1.82) is 0 Å². The van der Waals surface area contributed by atoms with Gasteiger partial charge in [0.1, 0.15) is 11.5 Å². The summed E-state index contributed by atoms with van der Waals surface area (Å²) in [6.07, 6.45) is 4.53. The summed E-state index contributed by atoms with van der Waals surface area (Å²) in [5.74, 6) is -1.56. The van der Waals surface area contributed by atoms with Crippen LogP contribution >= 0.6 is 0 Å². The lowest BCUT2D eigenvalue weighted by Crippen LogP contribution is -2.31. The van der Waals surface area contributed by atoms with Crippen LogP contribution in [0.25, 0.3) is 0 Å². The summed E-state index contributed by atoms with van der Waals surface area (Å²) in [4.78, 5) is 54.4. The smallest absolute Gasteiger partial charge is 0.316 e. The molecule has 186 valence electrons. The Morgan fingerprint density at radius 1 is 1.00 bits per heavy atom. The maximum atomic E-state index is 13.1. The Balaban J connectivity index is 1.27. The predicted octanol–water partition coefficient (Wildman–Crippen LogP) is 3.75. The van der Waals surface area contributed by atoms with Crippen LogP contribution in [-0.2, 0) is 19.2 Å². The summed E-state index contributed by atoms with van der Waals surface area (Å²) in [5, 5.41) is 0. The molecule has 3 aliphatic rings. The predicted molar refractivity (Wildman–Crippen MR) is 133 cm³/mol. The second-order valence-electron chi connectivity index (χ2n) is 9.42. The van der Waals surface area contributed by atoms with Crippen LogP contribution < -0.4 is 19.3 Å². The molecule has 0 saturated carbocycles. The van der Waals surface area contributed by atoms with Crippen molar-refractivity contribution >= 4 is 35.1 Å². The summed E-state index contributed by atoms with van der Waals surface area (Å²) in [7, 11) is 0. The zero-order chi connectivity index (χ0) is 25.4. The molecule has 0 bridgehead atoms. The van der Waals surface area contributed by atoms with Gasteiger partial charge in [0, 0.05) is 24.7 Å². The van der Waals surface area contributed by atoms with Crippen LogP contribution in [0.3, 0.4) is 0 Å². The normalized spacial score (nSPS) is 25.3. The second kappa shape index (κ2) is 9.60. The first-order valence-corrected chi connectivity index (χ1v) is 12.3. The summed E-state index contributed by atoms with van der Waals surface area (Å²) in [6, 6.07) is 13.6. The molecule has 5 rings (SSSR count). The molecule has 0 aromatic heterocycles. The third-order valence-electron chi connectivity index (χ3n) is 7.08. The van der Waals surface area contributed by atoms with Crippen molar-refractivity contribution in [3.63, 3.8) is 0 Å². The number of nitrogens with zero attached hydrogens (tertiary/aromatic N) is 2. The summed E-state index contributed by atoms with van der Waals surface area (Å²) >= 11 is 0. The van der Waals surface area contributed by atoms with Gasteiger partial charge in [-0.05, 0) is 55.7 Å². The van der Waals surface area contributed by atoms with E-state index in [9.17, 15) is 19.2 Å². The number of benzene rings is 2. The van der Waals surface area contributed by atoms with Gasteiger partial charge in [0.15, 0.2) is 0 Å². The number of rotatable bonds is 6. The molecule has 36 heavy (non-hydrogen) atoms. The highest BCUT2D eigenvalue weighted by molar-refractivity contribution is 6.22. The Hall–Kier alpha value is -3.94. The highest BCUT2D eigenvalue weighted by atomic mass is 16.5. The molecule has 0 radical (unpaired) electrons. The van der Waals surface area contributed by atoms with Crippen LogP contribution in [0.1, 0.15) is 26.7 Å². The van der Waals surface area contributed by atoms with Crippen LogP contribution in [-0.4, -0.2) is 36.8 Å². The monoisotopic (exact) mass is 488 g/mol. The Morgan fingerprint density at radius 3 is 2.50 bits per heavy atom. The lowest BCUT2D eigenvalue weighted by Gasteiger charge is -2.22. The minimum atomic E-state index is -0.627. The van der Waals surface area contributed by atoms with Gasteiger partial charge in [-0.15, -0.1) is 0 Å². The summed E-state index contributed by atoms with van der Waals surface area (Å²) < 4.78 is 11.0. The van der Waals surface area contributed by atoms with E-state index in [1.807, 2.05) is 26.0 Å². The fraction of sp³-hybridized carbons (Fsp3) is 0.357. The van der Waals surface area contributed by atoms with Gasteiger partial charge in [-0.1, -0.05) is 25.1 Å². The van der Waals surface area contributed by atoms with E-state index in [0.29, 0.717) is 30.2 Å². The van der Waals surface area contributed by atoms with Crippen molar-refractivity contribution in [2.75, 3.05) is 23.0 Å². The Morgan fingerprint density at radius 2 is 1.78 bits per heavy atom. The van der Waals surface area contributed by atoms with Gasteiger partial charge in [-0.25, -0.2) is 4.90 Å². The number of allylic oxidation sites excluding steroid dienone is 2. The molecule has 2 heterocycles. The Kier molecular flexibility index (Phi) is 6.35. The number of ether oxygens (including phenoxy) is 2. The van der Waals surface area contributed by atoms with E-state index in [-0.39, 0.29) is 54.2 Å². The SMILES string of the molecule is CCOc1ccc(N2CC(C(=O)Oc3cccc(N4C(=O)C5CC=CC(C)C5C4=O)c3)CC2=O)cc1. The van der Waals surface area contributed by atoms with Gasteiger partial charge in [-0.3, -0.25) is 19.2 Å². The molecule has 4 unspecified atom stereocenters. The van der Waals surface area contributed by atoms with Crippen molar-refractivity contribution in [3.05, 3.63) is 60.7 Å². The second-order valence-corrected chi connectivity index (χ2v) is 9.42. The fourth-order valence-electron chi connectivity index (χ4n) is 5.29. The van der Waals surface area contributed by atoms with Crippen LogP contribution in [0.2, 0.25) is 0 Å². The first-order chi connectivity index (χ1) is 17.4. The first kappa shape index (κ1) is 23.8. The molecule has 3 amide bonds. The minimum absolute atomic E-state index is 0.00978. The summed E-state index contributed by atoms with van der Waals surface area (Å²) in [5.41, 5.74) is 1.08.